The first-order chi connectivity index (χ1) is 12.0. The molecule has 0 aromatic rings. The molecule has 0 atom stereocenters. The Labute approximate surface area is 171 Å². The van der Waals surface area contributed by atoms with Crippen LogP contribution in [0.1, 0.15) is 67.7 Å². The molecule has 0 radical (unpaired) electrons. The van der Waals surface area contributed by atoms with Gasteiger partial charge in [-0.3, -0.25) is 4.79 Å². The van der Waals surface area contributed by atoms with E-state index in [-0.39, 0.29) is 22.0 Å². The summed E-state index contributed by atoms with van der Waals surface area (Å²) in [5.74, 6) is -0.0894. The van der Waals surface area contributed by atoms with Gasteiger partial charge in [0, 0.05) is 19.1 Å². The molecule has 0 amide bonds. The zero-order valence-corrected chi connectivity index (χ0v) is 22.0. The fraction of sp³-hybridized carbons (Fsp3) is 0.952. The third-order valence-electron chi connectivity index (χ3n) is 6.19. The smallest absolute Gasteiger partial charge is 0.306 e. The number of hydrogen-bond acceptors (Lipinski definition) is 4. The van der Waals surface area contributed by atoms with Crippen molar-refractivity contribution in [2.45, 2.75) is 104 Å². The molecule has 4 nitrogen and oxygen atoms in total. The van der Waals surface area contributed by atoms with Gasteiger partial charge in [-0.15, -0.1) is 0 Å². The van der Waals surface area contributed by atoms with Crippen molar-refractivity contribution in [1.29, 1.82) is 0 Å². The molecule has 0 unspecified atom stereocenters. The van der Waals surface area contributed by atoms with Crippen LogP contribution in [-0.2, 0) is 18.4 Å². The van der Waals surface area contributed by atoms with Gasteiger partial charge in [0.1, 0.15) is 0 Å². The molecule has 6 heteroatoms. The van der Waals surface area contributed by atoms with Gasteiger partial charge in [0.25, 0.3) is 0 Å². The maximum atomic E-state index is 12.3. The Bertz CT molecular complexity index is 418. The van der Waals surface area contributed by atoms with Crippen LogP contribution in [0.4, 0.5) is 0 Å². The standard InChI is InChI=1S/C21H46O4Si2/c1-12-13-14-23-19(22)15-18(16-24-26(8,9)20(2,3)4)17-25-27(10,11)21(5,6)7/h18H,12-17H2,1-11H3. The topological polar surface area (TPSA) is 44.8 Å². The van der Waals surface area contributed by atoms with E-state index in [1.54, 1.807) is 0 Å². The number of carbonyl (C=O) groups excluding carboxylic acids is 1. The maximum absolute atomic E-state index is 12.3. The minimum atomic E-state index is -1.86. The second-order valence-corrected chi connectivity index (χ2v) is 20.4. The third-order valence-corrected chi connectivity index (χ3v) is 15.2. The molecule has 0 aliphatic heterocycles. The maximum Gasteiger partial charge on any atom is 0.306 e. The number of hydrogen-bond donors (Lipinski definition) is 0. The number of unbranched alkanes of at least 4 members (excludes halogenated alkanes) is 1. The highest BCUT2D eigenvalue weighted by molar-refractivity contribution is 6.74. The summed E-state index contributed by atoms with van der Waals surface area (Å²) in [7, 11) is -3.72. The van der Waals surface area contributed by atoms with Crippen molar-refractivity contribution in [3.63, 3.8) is 0 Å². The van der Waals surface area contributed by atoms with Crippen molar-refractivity contribution in [1.82, 2.24) is 0 Å². The molecule has 0 bridgehead atoms. The first-order valence-electron chi connectivity index (χ1n) is 10.5. The number of ether oxygens (including phenoxy) is 1. The van der Waals surface area contributed by atoms with Crippen LogP contribution in [0, 0.1) is 5.92 Å². The van der Waals surface area contributed by atoms with Gasteiger partial charge >= 0.3 is 5.97 Å². The second-order valence-electron chi connectivity index (χ2n) is 10.8. The summed E-state index contributed by atoms with van der Waals surface area (Å²) in [4.78, 5) is 12.3. The van der Waals surface area contributed by atoms with Crippen molar-refractivity contribution in [2.75, 3.05) is 19.8 Å². The van der Waals surface area contributed by atoms with Gasteiger partial charge in [0.15, 0.2) is 16.6 Å². The summed E-state index contributed by atoms with van der Waals surface area (Å²) in [6.45, 7) is 26.1. The lowest BCUT2D eigenvalue weighted by atomic mass is 10.1. The lowest BCUT2D eigenvalue weighted by molar-refractivity contribution is -0.145. The van der Waals surface area contributed by atoms with E-state index in [1.165, 1.54) is 0 Å². The van der Waals surface area contributed by atoms with Gasteiger partial charge in [0.2, 0.25) is 0 Å². The molecule has 0 aliphatic rings. The van der Waals surface area contributed by atoms with Gasteiger partial charge in [-0.2, -0.15) is 0 Å². The molecule has 0 saturated heterocycles. The van der Waals surface area contributed by atoms with Crippen LogP contribution in [0.2, 0.25) is 36.3 Å². The highest BCUT2D eigenvalue weighted by atomic mass is 28.4. The van der Waals surface area contributed by atoms with Crippen molar-refractivity contribution < 1.29 is 18.4 Å². The minimum absolute atomic E-state index is 0.0439. The lowest BCUT2D eigenvalue weighted by Gasteiger charge is -2.39. The molecular weight excluding hydrogens is 372 g/mol. The molecule has 0 fully saturated rings. The van der Waals surface area contributed by atoms with Gasteiger partial charge in [-0.05, 0) is 42.7 Å². The van der Waals surface area contributed by atoms with Crippen LogP contribution in [0.25, 0.3) is 0 Å². The van der Waals surface area contributed by atoms with Crippen molar-refractivity contribution in [3.8, 4) is 0 Å². The van der Waals surface area contributed by atoms with Crippen molar-refractivity contribution >= 4 is 22.6 Å². The fourth-order valence-corrected chi connectivity index (χ4v) is 4.05. The summed E-state index contributed by atoms with van der Waals surface area (Å²) >= 11 is 0. The van der Waals surface area contributed by atoms with Crippen molar-refractivity contribution in [2.24, 2.45) is 5.92 Å². The van der Waals surface area contributed by atoms with Crippen molar-refractivity contribution in [3.05, 3.63) is 0 Å². The Morgan fingerprint density at radius 2 is 1.26 bits per heavy atom. The van der Waals surface area contributed by atoms with Gasteiger partial charge < -0.3 is 13.6 Å². The average Bonchev–Trinajstić information content (AvgIpc) is 2.48. The van der Waals surface area contributed by atoms with Crippen LogP contribution in [0.15, 0.2) is 0 Å². The fourth-order valence-electron chi connectivity index (χ4n) is 1.88. The van der Waals surface area contributed by atoms with E-state index in [2.05, 4.69) is 74.7 Å². The number of carbonyl (C=O) groups is 1. The predicted octanol–water partition coefficient (Wildman–Crippen LogP) is 6.38. The van der Waals surface area contributed by atoms with E-state index in [0.29, 0.717) is 26.2 Å². The summed E-state index contributed by atoms with van der Waals surface area (Å²) in [5.41, 5.74) is 0. The summed E-state index contributed by atoms with van der Waals surface area (Å²) in [6, 6.07) is 0. The normalized spacial score (nSPS) is 13.9. The van der Waals surface area contributed by atoms with Gasteiger partial charge in [-0.1, -0.05) is 54.9 Å². The molecule has 0 aromatic heterocycles. The molecule has 27 heavy (non-hydrogen) atoms. The largest absolute Gasteiger partial charge is 0.466 e. The van der Waals surface area contributed by atoms with Gasteiger partial charge in [-0.25, -0.2) is 0 Å². The Balaban J connectivity index is 4.97. The summed E-state index contributed by atoms with van der Waals surface area (Å²) in [5, 5.41) is 0.305. The van der Waals surface area contributed by atoms with Crippen LogP contribution in [0.3, 0.4) is 0 Å². The number of esters is 1. The molecule has 0 rings (SSSR count). The molecule has 0 spiro atoms. The molecule has 0 N–H and O–H groups in total. The van der Waals surface area contributed by atoms with Crippen LogP contribution >= 0.6 is 0 Å². The molecule has 0 aromatic carbocycles. The third kappa shape index (κ3) is 9.72. The highest BCUT2D eigenvalue weighted by Crippen LogP contribution is 2.38. The highest BCUT2D eigenvalue weighted by Gasteiger charge is 2.40. The van der Waals surface area contributed by atoms with E-state index in [0.717, 1.165) is 12.8 Å². The van der Waals surface area contributed by atoms with E-state index in [4.69, 9.17) is 13.6 Å². The van der Waals surface area contributed by atoms with E-state index in [1.807, 2.05) is 0 Å². The first kappa shape index (κ1) is 26.8. The van der Waals surface area contributed by atoms with Crippen LogP contribution in [-0.4, -0.2) is 42.4 Å². The Morgan fingerprint density at radius 1 is 0.852 bits per heavy atom. The average molecular weight is 419 g/mol. The second kappa shape index (κ2) is 10.6. The van der Waals surface area contributed by atoms with E-state index in [9.17, 15) is 4.79 Å². The molecule has 0 heterocycles. The monoisotopic (exact) mass is 418 g/mol. The SMILES string of the molecule is CCCCOC(=O)CC(CO[Si](C)(C)C(C)(C)C)CO[Si](C)(C)C(C)(C)C. The van der Waals surface area contributed by atoms with E-state index >= 15 is 0 Å². The Hall–Kier alpha value is -0.176. The van der Waals surface area contributed by atoms with Gasteiger partial charge in [0.05, 0.1) is 13.0 Å². The summed E-state index contributed by atoms with van der Waals surface area (Å²) in [6.07, 6.45) is 2.31. The van der Waals surface area contributed by atoms with Crippen LogP contribution in [0.5, 0.6) is 0 Å². The zero-order chi connectivity index (χ0) is 21.5. The number of rotatable bonds is 11. The molecule has 162 valence electrons. The quantitative estimate of drug-likeness (QED) is 0.222. The van der Waals surface area contributed by atoms with E-state index < -0.39 is 16.6 Å². The predicted molar refractivity (Wildman–Crippen MR) is 120 cm³/mol. The van der Waals surface area contributed by atoms with Crippen LogP contribution < -0.4 is 0 Å². The summed E-state index contributed by atoms with van der Waals surface area (Å²) < 4.78 is 18.2. The molecule has 0 saturated carbocycles. The minimum Gasteiger partial charge on any atom is -0.466 e. The Morgan fingerprint density at radius 3 is 1.59 bits per heavy atom. The lowest BCUT2D eigenvalue weighted by Crippen LogP contribution is -2.44. The zero-order valence-electron chi connectivity index (χ0n) is 20.0. The first-order valence-corrected chi connectivity index (χ1v) is 16.3. The molecular formula is C21H46O4Si2. The molecule has 0 aliphatic carbocycles. The Kier molecular flexibility index (Phi) is 10.5.